The van der Waals surface area contributed by atoms with E-state index in [1.165, 1.54) is 11.3 Å². The van der Waals surface area contributed by atoms with E-state index in [4.69, 9.17) is 5.73 Å². The second kappa shape index (κ2) is 3.94. The normalized spacial score (nSPS) is 10.3. The molecule has 2 aromatic heterocycles. The molecule has 0 fully saturated rings. The van der Waals surface area contributed by atoms with Crippen molar-refractivity contribution in [1.29, 1.82) is 0 Å². The van der Waals surface area contributed by atoms with Crippen LogP contribution in [0.25, 0.3) is 11.1 Å². The van der Waals surface area contributed by atoms with Gasteiger partial charge in [0.25, 0.3) is 5.91 Å². The predicted molar refractivity (Wildman–Crippen MR) is 62.5 cm³/mol. The molecule has 0 bridgehead atoms. The average molecular weight is 234 g/mol. The van der Waals surface area contributed by atoms with Crippen molar-refractivity contribution in [2.75, 3.05) is 0 Å². The van der Waals surface area contributed by atoms with Gasteiger partial charge in [0.15, 0.2) is 0 Å². The molecule has 0 saturated heterocycles. The number of pyridine rings is 1. The molecule has 0 saturated carbocycles. The maximum atomic E-state index is 11.2. The number of aromatic hydroxyl groups is 1. The first-order valence-corrected chi connectivity index (χ1v) is 5.56. The molecule has 0 aliphatic rings. The largest absolute Gasteiger partial charge is 0.506 e. The quantitative estimate of drug-likeness (QED) is 0.833. The van der Waals surface area contributed by atoms with Gasteiger partial charge in [0.1, 0.15) is 11.3 Å². The summed E-state index contributed by atoms with van der Waals surface area (Å²) < 4.78 is 0. The van der Waals surface area contributed by atoms with Gasteiger partial charge in [-0.2, -0.15) is 11.3 Å². The lowest BCUT2D eigenvalue weighted by molar-refractivity contribution is 0.0997. The Kier molecular flexibility index (Phi) is 2.62. The molecule has 5 heteroatoms. The van der Waals surface area contributed by atoms with Gasteiger partial charge in [0, 0.05) is 11.8 Å². The number of aryl methyl sites for hydroxylation is 1. The predicted octanol–water partition coefficient (Wildman–Crippen LogP) is 1.92. The lowest BCUT2D eigenvalue weighted by Gasteiger charge is -2.08. The Bertz CT molecular complexity index is 535. The molecule has 0 unspecified atom stereocenters. The van der Waals surface area contributed by atoms with Crippen LogP contribution in [0.2, 0.25) is 0 Å². The summed E-state index contributed by atoms with van der Waals surface area (Å²) in [5.74, 6) is -0.766. The minimum atomic E-state index is -0.667. The number of aromatic nitrogens is 1. The van der Waals surface area contributed by atoms with E-state index in [-0.39, 0.29) is 11.3 Å². The highest BCUT2D eigenvalue weighted by molar-refractivity contribution is 7.08. The maximum absolute atomic E-state index is 11.2. The van der Waals surface area contributed by atoms with Crippen molar-refractivity contribution in [3.05, 3.63) is 34.3 Å². The van der Waals surface area contributed by atoms with Crippen molar-refractivity contribution >= 4 is 17.2 Å². The number of thiophene rings is 1. The highest BCUT2D eigenvalue weighted by Gasteiger charge is 2.17. The molecule has 2 heterocycles. The molecule has 0 aliphatic carbocycles. The number of hydrogen-bond donors (Lipinski definition) is 2. The summed E-state index contributed by atoms with van der Waals surface area (Å²) in [6.45, 7) is 1.64. The van der Waals surface area contributed by atoms with Crippen LogP contribution in [0.1, 0.15) is 16.1 Å². The fraction of sp³-hybridized carbons (Fsp3) is 0.0909. The summed E-state index contributed by atoms with van der Waals surface area (Å²) in [6.07, 6.45) is 1.54. The van der Waals surface area contributed by atoms with Gasteiger partial charge in [-0.15, -0.1) is 0 Å². The van der Waals surface area contributed by atoms with Gasteiger partial charge < -0.3 is 10.8 Å². The molecular weight excluding hydrogens is 224 g/mol. The van der Waals surface area contributed by atoms with Crippen LogP contribution in [0.3, 0.4) is 0 Å². The van der Waals surface area contributed by atoms with E-state index in [9.17, 15) is 9.90 Å². The average Bonchev–Trinajstić information content (AvgIpc) is 2.70. The number of carbonyl (C=O) groups excluding carboxylic acids is 1. The fourth-order valence-corrected chi connectivity index (χ4v) is 2.17. The molecule has 0 aromatic carbocycles. The molecule has 0 atom stereocenters. The summed E-state index contributed by atoms with van der Waals surface area (Å²) in [6, 6.07) is 1.85. The van der Waals surface area contributed by atoms with Crippen molar-refractivity contribution in [3.63, 3.8) is 0 Å². The van der Waals surface area contributed by atoms with Crippen molar-refractivity contribution < 1.29 is 9.90 Å². The van der Waals surface area contributed by atoms with Crippen LogP contribution in [-0.2, 0) is 0 Å². The summed E-state index contributed by atoms with van der Waals surface area (Å²) in [5.41, 5.74) is 7.08. The molecule has 1 amide bonds. The van der Waals surface area contributed by atoms with Crippen LogP contribution < -0.4 is 5.73 Å². The van der Waals surface area contributed by atoms with Crippen molar-refractivity contribution in [3.8, 4) is 16.9 Å². The Labute approximate surface area is 96.4 Å². The van der Waals surface area contributed by atoms with Crippen molar-refractivity contribution in [1.82, 2.24) is 4.98 Å². The third kappa shape index (κ3) is 1.65. The summed E-state index contributed by atoms with van der Waals surface area (Å²) in [7, 11) is 0. The van der Waals surface area contributed by atoms with Crippen LogP contribution in [0.15, 0.2) is 23.0 Å². The fourth-order valence-electron chi connectivity index (χ4n) is 1.52. The van der Waals surface area contributed by atoms with Gasteiger partial charge >= 0.3 is 0 Å². The van der Waals surface area contributed by atoms with Crippen LogP contribution >= 0.6 is 11.3 Å². The molecule has 16 heavy (non-hydrogen) atoms. The number of rotatable bonds is 2. The van der Waals surface area contributed by atoms with Gasteiger partial charge in [-0.25, -0.2) is 0 Å². The lowest BCUT2D eigenvalue weighted by Crippen LogP contribution is -2.14. The maximum Gasteiger partial charge on any atom is 0.254 e. The molecule has 2 aromatic rings. The molecular formula is C11H10N2O2S. The zero-order valence-electron chi connectivity index (χ0n) is 8.60. The summed E-state index contributed by atoms with van der Waals surface area (Å²) in [4.78, 5) is 15.3. The highest BCUT2D eigenvalue weighted by Crippen LogP contribution is 2.33. The Morgan fingerprint density at radius 2 is 2.31 bits per heavy atom. The Balaban J connectivity index is 2.66. The topological polar surface area (TPSA) is 76.2 Å². The first kappa shape index (κ1) is 10.6. The molecule has 4 nitrogen and oxygen atoms in total. The van der Waals surface area contributed by atoms with E-state index < -0.39 is 5.91 Å². The number of hydrogen-bond acceptors (Lipinski definition) is 4. The van der Waals surface area contributed by atoms with Gasteiger partial charge in [-0.1, -0.05) is 0 Å². The third-order valence-corrected chi connectivity index (χ3v) is 3.00. The number of primary amides is 1. The third-order valence-electron chi connectivity index (χ3n) is 2.32. The van der Waals surface area contributed by atoms with Crippen molar-refractivity contribution in [2.45, 2.75) is 6.92 Å². The van der Waals surface area contributed by atoms with E-state index in [2.05, 4.69) is 4.98 Å². The van der Waals surface area contributed by atoms with Crippen LogP contribution in [-0.4, -0.2) is 16.0 Å². The van der Waals surface area contributed by atoms with E-state index in [0.717, 1.165) is 5.56 Å². The first-order valence-electron chi connectivity index (χ1n) is 4.62. The van der Waals surface area contributed by atoms with Crippen LogP contribution in [0.4, 0.5) is 0 Å². The molecule has 0 spiro atoms. The molecule has 0 radical (unpaired) electrons. The van der Waals surface area contributed by atoms with Crippen molar-refractivity contribution in [2.24, 2.45) is 5.73 Å². The van der Waals surface area contributed by atoms with Gasteiger partial charge in [-0.3, -0.25) is 9.78 Å². The summed E-state index contributed by atoms with van der Waals surface area (Å²) >= 11 is 1.51. The second-order valence-corrected chi connectivity index (χ2v) is 4.14. The smallest absolute Gasteiger partial charge is 0.254 e. The number of nitrogens with two attached hydrogens (primary N) is 1. The SMILES string of the molecule is Cc1ncc(-c2ccsc2)c(O)c1C(N)=O. The summed E-state index contributed by atoms with van der Waals surface area (Å²) in [5, 5.41) is 13.7. The molecule has 3 N–H and O–H groups in total. The first-order chi connectivity index (χ1) is 7.61. The number of amides is 1. The second-order valence-electron chi connectivity index (χ2n) is 3.36. The van der Waals surface area contributed by atoms with Crippen LogP contribution in [0.5, 0.6) is 5.75 Å². The Morgan fingerprint density at radius 3 is 2.88 bits per heavy atom. The zero-order valence-corrected chi connectivity index (χ0v) is 9.41. The highest BCUT2D eigenvalue weighted by atomic mass is 32.1. The zero-order chi connectivity index (χ0) is 11.7. The minimum absolute atomic E-state index is 0.0868. The molecule has 0 aliphatic heterocycles. The Hall–Kier alpha value is -1.88. The monoisotopic (exact) mass is 234 g/mol. The number of carbonyl (C=O) groups is 1. The van der Waals surface area contributed by atoms with E-state index in [1.54, 1.807) is 13.1 Å². The van der Waals surface area contributed by atoms with Crippen LogP contribution in [0, 0.1) is 6.92 Å². The van der Waals surface area contributed by atoms with E-state index >= 15 is 0 Å². The standard InChI is InChI=1S/C11H10N2O2S/c1-6-9(11(12)15)10(14)8(4-13-6)7-2-3-16-5-7/h2-5H,1H3,(H2,12,15)(H,13,14). The lowest BCUT2D eigenvalue weighted by atomic mass is 10.0. The van der Waals surface area contributed by atoms with Gasteiger partial charge in [-0.05, 0) is 29.3 Å². The van der Waals surface area contributed by atoms with E-state index in [1.807, 2.05) is 16.8 Å². The Morgan fingerprint density at radius 1 is 1.56 bits per heavy atom. The van der Waals surface area contributed by atoms with Gasteiger partial charge in [0.2, 0.25) is 0 Å². The van der Waals surface area contributed by atoms with Gasteiger partial charge in [0.05, 0.1) is 5.69 Å². The molecule has 82 valence electrons. The molecule has 2 rings (SSSR count). The number of nitrogens with zero attached hydrogens (tertiary/aromatic N) is 1. The van der Waals surface area contributed by atoms with E-state index in [0.29, 0.717) is 11.3 Å². The minimum Gasteiger partial charge on any atom is -0.506 e.